The molecule has 1 saturated heterocycles. The number of hydrogen-bond donors (Lipinski definition) is 1. The number of likely N-dealkylation sites (tertiary alicyclic amines) is 1. The molecule has 1 aliphatic rings. The SMILES string of the molecule is CNC(=O)c1ccc(CN2CC(c3ccccc3)(c3ccccc3)CCC2=O)o1. The van der Waals surface area contributed by atoms with E-state index in [1.807, 2.05) is 41.3 Å². The molecule has 2 heterocycles. The van der Waals surface area contributed by atoms with Crippen LogP contribution in [0.1, 0.15) is 40.3 Å². The third kappa shape index (κ3) is 3.68. The van der Waals surface area contributed by atoms with Crippen molar-refractivity contribution in [2.45, 2.75) is 24.8 Å². The quantitative estimate of drug-likeness (QED) is 0.724. The van der Waals surface area contributed by atoms with E-state index in [-0.39, 0.29) is 23.0 Å². The van der Waals surface area contributed by atoms with Crippen LogP contribution in [0.4, 0.5) is 0 Å². The van der Waals surface area contributed by atoms with Crippen molar-refractivity contribution < 1.29 is 14.0 Å². The second kappa shape index (κ2) is 7.95. The van der Waals surface area contributed by atoms with E-state index in [9.17, 15) is 9.59 Å². The third-order valence-electron chi connectivity index (χ3n) is 5.69. The van der Waals surface area contributed by atoms with Crippen molar-refractivity contribution in [3.63, 3.8) is 0 Å². The van der Waals surface area contributed by atoms with Crippen LogP contribution in [-0.4, -0.2) is 30.3 Å². The van der Waals surface area contributed by atoms with E-state index in [1.54, 1.807) is 19.2 Å². The third-order valence-corrected chi connectivity index (χ3v) is 5.69. The Kier molecular flexibility index (Phi) is 5.21. The number of nitrogens with zero attached hydrogens (tertiary/aromatic N) is 1. The van der Waals surface area contributed by atoms with Crippen LogP contribution in [0.15, 0.2) is 77.2 Å². The molecule has 2 aromatic carbocycles. The largest absolute Gasteiger partial charge is 0.454 e. The van der Waals surface area contributed by atoms with Crippen LogP contribution in [0.3, 0.4) is 0 Å². The first-order valence-electron chi connectivity index (χ1n) is 9.82. The number of benzene rings is 2. The molecule has 0 spiro atoms. The molecule has 1 fully saturated rings. The molecule has 1 aliphatic heterocycles. The molecule has 0 unspecified atom stereocenters. The lowest BCUT2D eigenvalue weighted by Gasteiger charge is -2.43. The van der Waals surface area contributed by atoms with Gasteiger partial charge in [-0.25, -0.2) is 0 Å². The van der Waals surface area contributed by atoms with Crippen molar-refractivity contribution in [1.82, 2.24) is 10.2 Å². The predicted octanol–water partition coefficient (Wildman–Crippen LogP) is 3.75. The number of amides is 2. The Bertz CT molecular complexity index is 956. The Hall–Kier alpha value is -3.34. The summed E-state index contributed by atoms with van der Waals surface area (Å²) in [6.07, 6.45) is 1.23. The number of carbonyl (C=O) groups is 2. The van der Waals surface area contributed by atoms with Crippen LogP contribution < -0.4 is 5.32 Å². The van der Waals surface area contributed by atoms with Gasteiger partial charge in [0.1, 0.15) is 5.76 Å². The van der Waals surface area contributed by atoms with Crippen LogP contribution in [-0.2, 0) is 16.8 Å². The van der Waals surface area contributed by atoms with E-state index in [1.165, 1.54) is 11.1 Å². The van der Waals surface area contributed by atoms with Crippen LogP contribution in [0, 0.1) is 0 Å². The van der Waals surface area contributed by atoms with Crippen LogP contribution in [0.5, 0.6) is 0 Å². The molecule has 29 heavy (non-hydrogen) atoms. The zero-order valence-electron chi connectivity index (χ0n) is 16.4. The molecule has 5 nitrogen and oxygen atoms in total. The maximum atomic E-state index is 12.8. The average Bonchev–Trinajstić information content (AvgIpc) is 3.25. The lowest BCUT2D eigenvalue weighted by molar-refractivity contribution is -0.135. The van der Waals surface area contributed by atoms with Gasteiger partial charge in [-0.2, -0.15) is 0 Å². The molecule has 3 aromatic rings. The van der Waals surface area contributed by atoms with Gasteiger partial charge in [0.25, 0.3) is 5.91 Å². The maximum absolute atomic E-state index is 12.8. The van der Waals surface area contributed by atoms with Crippen LogP contribution in [0.2, 0.25) is 0 Å². The first kappa shape index (κ1) is 19.0. The standard InChI is InChI=1S/C24H24N2O3/c1-25-23(28)21-13-12-20(29-21)16-26-17-24(15-14-22(26)27,18-8-4-2-5-9-18)19-10-6-3-7-11-19/h2-13H,14-17H2,1H3,(H,25,28). The van der Waals surface area contributed by atoms with Crippen LogP contribution >= 0.6 is 0 Å². The van der Waals surface area contributed by atoms with Gasteiger partial charge >= 0.3 is 0 Å². The molecule has 2 amide bonds. The fourth-order valence-corrected chi connectivity index (χ4v) is 4.16. The second-order valence-corrected chi connectivity index (χ2v) is 7.41. The van der Waals surface area contributed by atoms with Gasteiger partial charge < -0.3 is 14.6 Å². The summed E-state index contributed by atoms with van der Waals surface area (Å²) in [5, 5.41) is 2.55. The van der Waals surface area contributed by atoms with Crippen molar-refractivity contribution in [3.8, 4) is 0 Å². The van der Waals surface area contributed by atoms with Crippen molar-refractivity contribution >= 4 is 11.8 Å². The molecule has 4 rings (SSSR count). The van der Waals surface area contributed by atoms with E-state index in [0.29, 0.717) is 25.3 Å². The molecule has 1 N–H and O–H groups in total. The fraction of sp³-hybridized carbons (Fsp3) is 0.250. The van der Waals surface area contributed by atoms with Gasteiger partial charge in [-0.1, -0.05) is 60.7 Å². The van der Waals surface area contributed by atoms with Gasteiger partial charge in [-0.3, -0.25) is 9.59 Å². The summed E-state index contributed by atoms with van der Waals surface area (Å²) in [5.41, 5.74) is 2.13. The highest BCUT2D eigenvalue weighted by molar-refractivity contribution is 5.91. The summed E-state index contributed by atoms with van der Waals surface area (Å²) in [7, 11) is 1.56. The van der Waals surface area contributed by atoms with Gasteiger partial charge in [0, 0.05) is 25.4 Å². The molecule has 0 radical (unpaired) electrons. The minimum atomic E-state index is -0.274. The van der Waals surface area contributed by atoms with E-state index < -0.39 is 0 Å². The molecule has 5 heteroatoms. The summed E-state index contributed by atoms with van der Waals surface area (Å²) in [6, 6.07) is 24.2. The molecular formula is C24H24N2O3. The monoisotopic (exact) mass is 388 g/mol. The molecular weight excluding hydrogens is 364 g/mol. The summed E-state index contributed by atoms with van der Waals surface area (Å²) < 4.78 is 5.66. The zero-order valence-corrected chi connectivity index (χ0v) is 16.4. The predicted molar refractivity (Wildman–Crippen MR) is 110 cm³/mol. The average molecular weight is 388 g/mol. The summed E-state index contributed by atoms with van der Waals surface area (Å²) in [4.78, 5) is 26.4. The summed E-state index contributed by atoms with van der Waals surface area (Å²) in [5.74, 6) is 0.688. The van der Waals surface area contributed by atoms with E-state index in [4.69, 9.17) is 4.42 Å². The number of hydrogen-bond acceptors (Lipinski definition) is 3. The molecule has 0 atom stereocenters. The molecule has 0 bridgehead atoms. The first-order chi connectivity index (χ1) is 14.1. The van der Waals surface area contributed by atoms with E-state index in [0.717, 1.165) is 6.42 Å². The van der Waals surface area contributed by atoms with Gasteiger partial charge in [-0.05, 0) is 29.7 Å². The number of piperidine rings is 1. The van der Waals surface area contributed by atoms with Crippen molar-refractivity contribution in [2.75, 3.05) is 13.6 Å². The zero-order chi connectivity index (χ0) is 20.3. The van der Waals surface area contributed by atoms with Crippen molar-refractivity contribution in [2.24, 2.45) is 0 Å². The topological polar surface area (TPSA) is 62.6 Å². The number of carbonyl (C=O) groups excluding carboxylic acids is 2. The highest BCUT2D eigenvalue weighted by Crippen LogP contribution is 2.41. The van der Waals surface area contributed by atoms with Crippen molar-refractivity contribution in [3.05, 3.63) is 95.4 Å². The van der Waals surface area contributed by atoms with Gasteiger partial charge in [0.2, 0.25) is 5.91 Å². The number of furan rings is 1. The van der Waals surface area contributed by atoms with Gasteiger partial charge in [0.15, 0.2) is 5.76 Å². The molecule has 1 aromatic heterocycles. The molecule has 0 saturated carbocycles. The second-order valence-electron chi connectivity index (χ2n) is 7.41. The van der Waals surface area contributed by atoms with E-state index >= 15 is 0 Å². The Morgan fingerprint density at radius 3 is 2.21 bits per heavy atom. The highest BCUT2D eigenvalue weighted by atomic mass is 16.4. The lowest BCUT2D eigenvalue weighted by Crippen LogP contribution is -2.49. The normalized spacial score (nSPS) is 15.9. The summed E-state index contributed by atoms with van der Waals surface area (Å²) in [6.45, 7) is 0.910. The van der Waals surface area contributed by atoms with E-state index in [2.05, 4.69) is 29.6 Å². The Morgan fingerprint density at radius 2 is 1.62 bits per heavy atom. The maximum Gasteiger partial charge on any atom is 0.286 e. The molecule has 148 valence electrons. The lowest BCUT2D eigenvalue weighted by atomic mass is 9.69. The number of nitrogens with one attached hydrogen (secondary N) is 1. The van der Waals surface area contributed by atoms with Gasteiger partial charge in [-0.15, -0.1) is 0 Å². The van der Waals surface area contributed by atoms with Crippen molar-refractivity contribution in [1.29, 1.82) is 0 Å². The van der Waals surface area contributed by atoms with Gasteiger partial charge in [0.05, 0.1) is 6.54 Å². The highest BCUT2D eigenvalue weighted by Gasteiger charge is 2.41. The smallest absolute Gasteiger partial charge is 0.286 e. The summed E-state index contributed by atoms with van der Waals surface area (Å²) >= 11 is 0. The fourth-order valence-electron chi connectivity index (χ4n) is 4.16. The minimum absolute atomic E-state index is 0.102. The minimum Gasteiger partial charge on any atom is -0.454 e. The molecule has 0 aliphatic carbocycles. The number of rotatable bonds is 5. The van der Waals surface area contributed by atoms with Crippen LogP contribution in [0.25, 0.3) is 0 Å². The Morgan fingerprint density at radius 1 is 1.00 bits per heavy atom. The Labute approximate surface area is 170 Å². The first-order valence-corrected chi connectivity index (χ1v) is 9.82. The Balaban J connectivity index is 1.67.